The summed E-state index contributed by atoms with van der Waals surface area (Å²) in [6, 6.07) is 7.48. The third-order valence-electron chi connectivity index (χ3n) is 5.25. The van der Waals surface area contributed by atoms with Crippen LogP contribution in [0.1, 0.15) is 50.1 Å². The second-order valence-corrected chi connectivity index (χ2v) is 9.76. The number of halogens is 1. The Morgan fingerprint density at radius 2 is 1.91 bits per heavy atom. The summed E-state index contributed by atoms with van der Waals surface area (Å²) in [5.74, 6) is 7.93. The van der Waals surface area contributed by atoms with Crippen LogP contribution < -0.4 is 14.8 Å². The molecule has 35 heavy (non-hydrogen) atoms. The van der Waals surface area contributed by atoms with Gasteiger partial charge < -0.3 is 24.4 Å². The number of benzene rings is 1. The standard InChI is InChI=1S/C25H30BrN5O4/c1-25(2,3)35-24(32)30-11-8-18(16-30)31-23(28-10-9-26)21(15-27)22(29-31)7-6-17-12-19(33-4)14-20(13-17)34-5/h12-14,18,28H,8-11,16H2,1-5H3/t18-/m0/s1. The monoisotopic (exact) mass is 543 g/mol. The molecule has 0 aliphatic carbocycles. The summed E-state index contributed by atoms with van der Waals surface area (Å²) >= 11 is 3.42. The molecule has 0 saturated carbocycles. The van der Waals surface area contributed by atoms with Crippen LogP contribution in [0, 0.1) is 23.2 Å². The number of anilines is 1. The van der Waals surface area contributed by atoms with Crippen molar-refractivity contribution in [1.29, 1.82) is 5.26 Å². The van der Waals surface area contributed by atoms with Crippen molar-refractivity contribution in [3.8, 4) is 29.4 Å². The number of alkyl halides is 1. The van der Waals surface area contributed by atoms with Gasteiger partial charge in [0.2, 0.25) is 0 Å². The first kappa shape index (κ1) is 26.2. The lowest BCUT2D eigenvalue weighted by molar-refractivity contribution is 0.0288. The molecule has 0 spiro atoms. The van der Waals surface area contributed by atoms with Crippen LogP contribution in [0.5, 0.6) is 11.5 Å². The zero-order valence-electron chi connectivity index (χ0n) is 20.6. The van der Waals surface area contributed by atoms with Gasteiger partial charge in [0.15, 0.2) is 5.69 Å². The molecule has 1 N–H and O–H groups in total. The summed E-state index contributed by atoms with van der Waals surface area (Å²) in [5, 5.41) is 18.6. The van der Waals surface area contributed by atoms with Crippen molar-refractivity contribution < 1.29 is 19.0 Å². The third kappa shape index (κ3) is 6.61. The van der Waals surface area contributed by atoms with Gasteiger partial charge in [-0.15, -0.1) is 0 Å². The van der Waals surface area contributed by atoms with Crippen molar-refractivity contribution in [1.82, 2.24) is 14.7 Å². The maximum Gasteiger partial charge on any atom is 0.410 e. The molecule has 0 bridgehead atoms. The molecule has 1 atom stereocenters. The first-order chi connectivity index (χ1) is 16.7. The largest absolute Gasteiger partial charge is 0.497 e. The second kappa shape index (κ2) is 11.4. The summed E-state index contributed by atoms with van der Waals surface area (Å²) in [6.07, 6.45) is 0.337. The quantitative estimate of drug-likeness (QED) is 0.431. The molecule has 1 saturated heterocycles. The van der Waals surface area contributed by atoms with Gasteiger partial charge in [0.05, 0.1) is 20.3 Å². The van der Waals surface area contributed by atoms with E-state index in [0.29, 0.717) is 65.5 Å². The Balaban J connectivity index is 1.94. The maximum absolute atomic E-state index is 12.5. The van der Waals surface area contributed by atoms with Gasteiger partial charge in [-0.2, -0.15) is 10.4 Å². The van der Waals surface area contributed by atoms with E-state index < -0.39 is 5.60 Å². The molecule has 1 aromatic heterocycles. The minimum absolute atomic E-state index is 0.111. The highest BCUT2D eigenvalue weighted by Crippen LogP contribution is 2.30. The van der Waals surface area contributed by atoms with Gasteiger partial charge in [-0.3, -0.25) is 0 Å². The van der Waals surface area contributed by atoms with Crippen LogP contribution in [0.3, 0.4) is 0 Å². The van der Waals surface area contributed by atoms with E-state index >= 15 is 0 Å². The molecule has 0 radical (unpaired) electrons. The number of nitrogens with zero attached hydrogens (tertiary/aromatic N) is 4. The zero-order chi connectivity index (χ0) is 25.6. The van der Waals surface area contributed by atoms with Crippen LogP contribution >= 0.6 is 15.9 Å². The first-order valence-electron chi connectivity index (χ1n) is 11.2. The van der Waals surface area contributed by atoms with Crippen LogP contribution in [0.4, 0.5) is 10.6 Å². The molecule has 2 heterocycles. The van der Waals surface area contributed by atoms with Crippen molar-refractivity contribution in [2.45, 2.75) is 38.8 Å². The van der Waals surface area contributed by atoms with E-state index in [1.54, 1.807) is 42.0 Å². The topological polar surface area (TPSA) is 102 Å². The minimum atomic E-state index is -0.566. The fourth-order valence-corrected chi connectivity index (χ4v) is 3.87. The third-order valence-corrected chi connectivity index (χ3v) is 5.64. The van der Waals surface area contributed by atoms with Crippen molar-refractivity contribution in [3.63, 3.8) is 0 Å². The minimum Gasteiger partial charge on any atom is -0.497 e. The summed E-state index contributed by atoms with van der Waals surface area (Å²) in [6.45, 7) is 7.11. The van der Waals surface area contributed by atoms with Gasteiger partial charge in [-0.25, -0.2) is 9.48 Å². The van der Waals surface area contributed by atoms with E-state index in [0.717, 1.165) is 0 Å². The number of likely N-dealkylation sites (tertiary alicyclic amines) is 1. The van der Waals surface area contributed by atoms with Crippen LogP contribution in [0.25, 0.3) is 0 Å². The highest BCUT2D eigenvalue weighted by molar-refractivity contribution is 9.09. The molecular weight excluding hydrogens is 514 g/mol. The Bertz CT molecular complexity index is 1150. The first-order valence-corrected chi connectivity index (χ1v) is 12.4. The number of nitrogens with one attached hydrogen (secondary N) is 1. The summed E-state index contributed by atoms with van der Waals surface area (Å²) < 4.78 is 17.9. The predicted octanol–water partition coefficient (Wildman–Crippen LogP) is 4.16. The van der Waals surface area contributed by atoms with E-state index in [9.17, 15) is 10.1 Å². The number of carbonyl (C=O) groups is 1. The number of ether oxygens (including phenoxy) is 3. The number of nitriles is 1. The second-order valence-electron chi connectivity index (χ2n) is 8.96. The highest BCUT2D eigenvalue weighted by atomic mass is 79.9. The van der Waals surface area contributed by atoms with Crippen molar-refractivity contribution in [2.75, 3.05) is 44.5 Å². The number of hydrogen-bond acceptors (Lipinski definition) is 7. The molecule has 0 unspecified atom stereocenters. The summed E-state index contributed by atoms with van der Waals surface area (Å²) in [7, 11) is 3.15. The van der Waals surface area contributed by atoms with Crippen LogP contribution in [0.15, 0.2) is 18.2 Å². The van der Waals surface area contributed by atoms with Gasteiger partial charge in [0.25, 0.3) is 0 Å². The van der Waals surface area contributed by atoms with Gasteiger partial charge in [0, 0.05) is 36.6 Å². The summed E-state index contributed by atoms with van der Waals surface area (Å²) in [5.41, 5.74) is 0.834. The van der Waals surface area contributed by atoms with Crippen molar-refractivity contribution in [3.05, 3.63) is 35.0 Å². The Kier molecular flexibility index (Phi) is 8.52. The fourth-order valence-electron chi connectivity index (χ4n) is 3.67. The van der Waals surface area contributed by atoms with Crippen LogP contribution in [-0.4, -0.2) is 65.6 Å². The molecule has 10 heteroatoms. The van der Waals surface area contributed by atoms with Gasteiger partial charge >= 0.3 is 6.09 Å². The molecule has 1 aromatic carbocycles. The van der Waals surface area contributed by atoms with Crippen molar-refractivity contribution in [2.24, 2.45) is 0 Å². The molecule has 186 valence electrons. The number of amides is 1. The fraction of sp³-hybridized carbons (Fsp3) is 0.480. The lowest BCUT2D eigenvalue weighted by atomic mass is 10.2. The highest BCUT2D eigenvalue weighted by Gasteiger charge is 2.33. The SMILES string of the molecule is COc1cc(C#Cc2nn([C@H]3CCN(C(=O)OC(C)(C)C)C3)c(NCCBr)c2C#N)cc(OC)c1. The number of hydrogen-bond donors (Lipinski definition) is 1. The molecule has 1 aliphatic rings. The van der Waals surface area contributed by atoms with Gasteiger partial charge in [-0.05, 0) is 45.2 Å². The Hall–Kier alpha value is -3.37. The van der Waals surface area contributed by atoms with E-state index in [4.69, 9.17) is 14.2 Å². The normalized spacial score (nSPS) is 15.1. The smallest absolute Gasteiger partial charge is 0.410 e. The number of rotatable bonds is 6. The number of methoxy groups -OCH3 is 2. The van der Waals surface area contributed by atoms with E-state index in [-0.39, 0.29) is 12.1 Å². The molecule has 1 aliphatic heterocycles. The average molecular weight is 544 g/mol. The molecule has 9 nitrogen and oxygen atoms in total. The molecule has 1 fully saturated rings. The number of carbonyl (C=O) groups excluding carboxylic acids is 1. The molecular formula is C25H30BrN5O4. The Morgan fingerprint density at radius 1 is 1.23 bits per heavy atom. The zero-order valence-corrected chi connectivity index (χ0v) is 22.2. The average Bonchev–Trinajstić information content (AvgIpc) is 3.44. The summed E-state index contributed by atoms with van der Waals surface area (Å²) in [4.78, 5) is 14.2. The molecule has 2 aromatic rings. The molecule has 1 amide bonds. The lowest BCUT2D eigenvalue weighted by Gasteiger charge is -2.24. The van der Waals surface area contributed by atoms with Crippen molar-refractivity contribution >= 4 is 27.8 Å². The van der Waals surface area contributed by atoms with Gasteiger partial charge in [-0.1, -0.05) is 21.9 Å². The van der Waals surface area contributed by atoms with E-state index in [1.807, 2.05) is 20.8 Å². The molecule has 3 rings (SSSR count). The van der Waals surface area contributed by atoms with Gasteiger partial charge in [0.1, 0.15) is 34.6 Å². The Labute approximate surface area is 214 Å². The lowest BCUT2D eigenvalue weighted by Crippen LogP contribution is -2.35. The predicted molar refractivity (Wildman–Crippen MR) is 136 cm³/mol. The number of aromatic nitrogens is 2. The van der Waals surface area contributed by atoms with Crippen LogP contribution in [0.2, 0.25) is 0 Å². The van der Waals surface area contributed by atoms with Crippen LogP contribution in [-0.2, 0) is 4.74 Å². The van der Waals surface area contributed by atoms with E-state index in [1.165, 1.54) is 0 Å². The maximum atomic E-state index is 12.5. The Morgan fingerprint density at radius 3 is 2.49 bits per heavy atom. The van der Waals surface area contributed by atoms with E-state index in [2.05, 4.69) is 44.3 Å².